The second kappa shape index (κ2) is 8.95. The first-order valence-corrected chi connectivity index (χ1v) is 13.4. The van der Waals surface area contributed by atoms with Gasteiger partial charge in [0.2, 0.25) is 5.91 Å². The van der Waals surface area contributed by atoms with Gasteiger partial charge in [0.05, 0.1) is 0 Å². The van der Waals surface area contributed by atoms with Gasteiger partial charge < -0.3 is 10.2 Å². The molecule has 37 heavy (non-hydrogen) atoms. The van der Waals surface area contributed by atoms with E-state index in [4.69, 9.17) is 9.97 Å². The number of aromatic nitrogens is 5. The Balaban J connectivity index is 1.17. The minimum absolute atomic E-state index is 0.0426. The number of pyridine rings is 1. The molecule has 3 aliphatic rings. The maximum Gasteiger partial charge on any atom is 0.245 e. The number of hydrogen-bond acceptors (Lipinski definition) is 5. The molecule has 8 heteroatoms. The Hall–Kier alpha value is -3.78. The summed E-state index contributed by atoms with van der Waals surface area (Å²) in [6.07, 6.45) is 11.6. The highest BCUT2D eigenvalue weighted by Crippen LogP contribution is 2.42. The van der Waals surface area contributed by atoms with Gasteiger partial charge >= 0.3 is 0 Å². The predicted octanol–water partition coefficient (Wildman–Crippen LogP) is 4.24. The Kier molecular flexibility index (Phi) is 5.43. The number of carbonyl (C=O) groups is 1. The highest BCUT2D eigenvalue weighted by molar-refractivity contribution is 5.87. The molecule has 0 radical (unpaired) electrons. The molecule has 1 saturated heterocycles. The van der Waals surface area contributed by atoms with Crippen LogP contribution in [0.1, 0.15) is 61.0 Å². The SMILES string of the molecule is C=CC(=O)N1CCC(NC2CCc3cc(-n4c(C5CC5)nc5ccc(-n6cccn6)nc54)ccc32)CC1. The molecule has 1 N–H and O–H groups in total. The van der Waals surface area contributed by atoms with Crippen molar-refractivity contribution in [2.45, 2.75) is 56.5 Å². The largest absolute Gasteiger partial charge is 0.339 e. The molecule has 4 heterocycles. The van der Waals surface area contributed by atoms with Crippen LogP contribution in [0.25, 0.3) is 22.7 Å². The summed E-state index contributed by atoms with van der Waals surface area (Å²) in [5, 5.41) is 8.26. The summed E-state index contributed by atoms with van der Waals surface area (Å²) < 4.78 is 4.07. The maximum atomic E-state index is 11.9. The molecular formula is C29H31N7O. The van der Waals surface area contributed by atoms with Crippen LogP contribution < -0.4 is 5.32 Å². The van der Waals surface area contributed by atoms with E-state index < -0.39 is 0 Å². The zero-order valence-corrected chi connectivity index (χ0v) is 20.9. The molecule has 1 aliphatic heterocycles. The van der Waals surface area contributed by atoms with E-state index >= 15 is 0 Å². The third-order valence-corrected chi connectivity index (χ3v) is 8.08. The van der Waals surface area contributed by atoms with Crippen molar-refractivity contribution in [2.75, 3.05) is 13.1 Å². The number of hydrogen-bond donors (Lipinski definition) is 1. The topological polar surface area (TPSA) is 80.9 Å². The summed E-state index contributed by atoms with van der Waals surface area (Å²) in [7, 11) is 0. The number of aryl methyl sites for hydroxylation is 1. The van der Waals surface area contributed by atoms with Crippen LogP contribution in [0.3, 0.4) is 0 Å². The van der Waals surface area contributed by atoms with Gasteiger partial charge in [-0.25, -0.2) is 14.6 Å². The van der Waals surface area contributed by atoms with Gasteiger partial charge in [0.1, 0.15) is 11.3 Å². The van der Waals surface area contributed by atoms with Crippen molar-refractivity contribution in [3.05, 3.63) is 78.4 Å². The molecule has 1 saturated carbocycles. The molecule has 1 aromatic carbocycles. The van der Waals surface area contributed by atoms with E-state index in [2.05, 4.69) is 45.8 Å². The molecule has 4 aromatic rings. The zero-order chi connectivity index (χ0) is 24.9. The molecule has 1 amide bonds. The van der Waals surface area contributed by atoms with Gasteiger partial charge in [0, 0.05) is 49.2 Å². The number of imidazole rings is 1. The highest BCUT2D eigenvalue weighted by atomic mass is 16.2. The van der Waals surface area contributed by atoms with Crippen molar-refractivity contribution in [2.24, 2.45) is 0 Å². The maximum absolute atomic E-state index is 11.9. The Morgan fingerprint density at radius 1 is 1.05 bits per heavy atom. The average molecular weight is 494 g/mol. The number of fused-ring (bicyclic) bond motifs is 2. The Bertz CT molecular complexity index is 1480. The normalized spacial score (nSPS) is 19.9. The third kappa shape index (κ3) is 4.05. The van der Waals surface area contributed by atoms with Crippen molar-refractivity contribution >= 4 is 17.1 Å². The van der Waals surface area contributed by atoms with E-state index in [0.29, 0.717) is 18.0 Å². The van der Waals surface area contributed by atoms with E-state index in [1.165, 1.54) is 30.0 Å². The molecule has 3 aromatic heterocycles. The monoisotopic (exact) mass is 493 g/mol. The lowest BCUT2D eigenvalue weighted by Crippen LogP contribution is -2.45. The third-order valence-electron chi connectivity index (χ3n) is 8.08. The summed E-state index contributed by atoms with van der Waals surface area (Å²) >= 11 is 0. The Morgan fingerprint density at radius 3 is 2.68 bits per heavy atom. The van der Waals surface area contributed by atoms with Crippen molar-refractivity contribution in [1.29, 1.82) is 0 Å². The van der Waals surface area contributed by atoms with Gasteiger partial charge in [0.25, 0.3) is 0 Å². The lowest BCUT2D eigenvalue weighted by Gasteiger charge is -2.33. The van der Waals surface area contributed by atoms with Crippen molar-refractivity contribution in [3.63, 3.8) is 0 Å². The smallest absolute Gasteiger partial charge is 0.245 e. The van der Waals surface area contributed by atoms with Crippen molar-refractivity contribution < 1.29 is 4.79 Å². The van der Waals surface area contributed by atoms with Crippen molar-refractivity contribution in [3.8, 4) is 11.5 Å². The molecule has 0 spiro atoms. The Labute approximate surface area is 216 Å². The fourth-order valence-corrected chi connectivity index (χ4v) is 5.96. The van der Waals surface area contributed by atoms with Gasteiger partial charge in [-0.1, -0.05) is 12.6 Å². The minimum Gasteiger partial charge on any atom is -0.339 e. The van der Waals surface area contributed by atoms with Crippen LogP contribution in [0.5, 0.6) is 0 Å². The van der Waals surface area contributed by atoms with Crippen molar-refractivity contribution in [1.82, 2.24) is 34.5 Å². The molecule has 8 nitrogen and oxygen atoms in total. The van der Waals surface area contributed by atoms with E-state index in [0.717, 1.165) is 67.3 Å². The molecule has 1 atom stereocenters. The van der Waals surface area contributed by atoms with Crippen LogP contribution >= 0.6 is 0 Å². The van der Waals surface area contributed by atoms with E-state index in [1.54, 1.807) is 10.9 Å². The lowest BCUT2D eigenvalue weighted by atomic mass is 10.0. The van der Waals surface area contributed by atoms with Crippen LogP contribution in [0.4, 0.5) is 0 Å². The second-order valence-electron chi connectivity index (χ2n) is 10.5. The molecule has 0 bridgehead atoms. The first kappa shape index (κ1) is 22.4. The minimum atomic E-state index is 0.0426. The van der Waals surface area contributed by atoms with E-state index in [9.17, 15) is 4.79 Å². The summed E-state index contributed by atoms with van der Waals surface area (Å²) in [4.78, 5) is 23.8. The number of nitrogens with zero attached hydrogens (tertiary/aromatic N) is 6. The number of nitrogens with one attached hydrogen (secondary N) is 1. The molecule has 2 fully saturated rings. The highest BCUT2D eigenvalue weighted by Gasteiger charge is 2.32. The number of piperidine rings is 1. The average Bonchev–Trinajstić information content (AvgIpc) is 3.32. The van der Waals surface area contributed by atoms with Gasteiger partial charge in [0.15, 0.2) is 11.5 Å². The fraction of sp³-hybridized carbons (Fsp3) is 0.379. The molecular weight excluding hydrogens is 462 g/mol. The quantitative estimate of drug-likeness (QED) is 0.407. The number of amides is 1. The number of carbonyl (C=O) groups excluding carboxylic acids is 1. The van der Waals surface area contributed by atoms with Crippen LogP contribution in [0.2, 0.25) is 0 Å². The van der Waals surface area contributed by atoms with Crippen LogP contribution in [-0.4, -0.2) is 54.3 Å². The number of benzene rings is 1. The van der Waals surface area contributed by atoms with Crippen LogP contribution in [0.15, 0.2) is 61.4 Å². The summed E-state index contributed by atoms with van der Waals surface area (Å²) in [5.41, 5.74) is 5.77. The molecule has 7 rings (SSSR count). The fourth-order valence-electron chi connectivity index (χ4n) is 5.96. The lowest BCUT2D eigenvalue weighted by molar-refractivity contribution is -0.127. The second-order valence-corrected chi connectivity index (χ2v) is 10.5. The molecule has 2 aliphatic carbocycles. The van der Waals surface area contributed by atoms with Crippen LogP contribution in [-0.2, 0) is 11.2 Å². The number of rotatable bonds is 6. The molecule has 1 unspecified atom stereocenters. The van der Waals surface area contributed by atoms with E-state index in [1.807, 2.05) is 23.2 Å². The van der Waals surface area contributed by atoms with Crippen LogP contribution in [0, 0.1) is 0 Å². The number of likely N-dealkylation sites (tertiary alicyclic amines) is 1. The van der Waals surface area contributed by atoms with E-state index in [-0.39, 0.29) is 5.91 Å². The standard InChI is InChI=1S/C29H31N7O/c1-2-27(37)34-16-12-21(13-17-34)31-24-9-6-20-18-22(7-8-23(20)24)36-28(19-4-5-19)32-25-10-11-26(33-29(25)36)35-15-3-14-30-35/h2-3,7-8,10-11,14-15,18-19,21,24,31H,1,4-6,9,12-13,16-17H2. The summed E-state index contributed by atoms with van der Waals surface area (Å²) in [6, 6.07) is 13.6. The van der Waals surface area contributed by atoms with Gasteiger partial charge in [-0.15, -0.1) is 0 Å². The first-order chi connectivity index (χ1) is 18.2. The van der Waals surface area contributed by atoms with Gasteiger partial charge in [-0.3, -0.25) is 9.36 Å². The zero-order valence-electron chi connectivity index (χ0n) is 20.9. The summed E-state index contributed by atoms with van der Waals surface area (Å²) in [5.74, 6) is 2.46. The molecule has 188 valence electrons. The first-order valence-electron chi connectivity index (χ1n) is 13.4. The van der Waals surface area contributed by atoms with Gasteiger partial charge in [-0.05, 0) is 86.1 Å². The summed E-state index contributed by atoms with van der Waals surface area (Å²) in [6.45, 7) is 5.21. The van der Waals surface area contributed by atoms with Gasteiger partial charge in [-0.2, -0.15) is 5.10 Å². The Morgan fingerprint density at radius 2 is 1.92 bits per heavy atom. The predicted molar refractivity (Wildman–Crippen MR) is 142 cm³/mol.